The van der Waals surface area contributed by atoms with E-state index in [4.69, 9.17) is 29.3 Å². The molecule has 3 heterocycles. The Hall–Kier alpha value is -4.06. The van der Waals surface area contributed by atoms with Crippen molar-refractivity contribution in [3.8, 4) is 11.5 Å². The number of fused-ring (bicyclic) bond motifs is 3. The highest BCUT2D eigenvalue weighted by Gasteiger charge is 2.29. The van der Waals surface area contributed by atoms with Gasteiger partial charge in [0.1, 0.15) is 0 Å². The fourth-order valence-electron chi connectivity index (χ4n) is 4.64. The van der Waals surface area contributed by atoms with E-state index in [-0.39, 0.29) is 5.91 Å². The molecular formula is C28H27N3O7S. The van der Waals surface area contributed by atoms with Gasteiger partial charge in [0.2, 0.25) is 12.7 Å². The molecule has 0 spiro atoms. The maximum atomic E-state index is 13.5. The Morgan fingerprint density at radius 1 is 0.744 bits per heavy atom. The lowest BCUT2D eigenvalue weighted by molar-refractivity contribution is -0.159. The van der Waals surface area contributed by atoms with Gasteiger partial charge < -0.3 is 19.7 Å². The van der Waals surface area contributed by atoms with E-state index in [0.29, 0.717) is 13.3 Å². The van der Waals surface area contributed by atoms with Crippen molar-refractivity contribution in [2.24, 2.45) is 0 Å². The first kappa shape index (κ1) is 26.5. The minimum atomic E-state index is -1.82. The summed E-state index contributed by atoms with van der Waals surface area (Å²) in [6, 6.07) is 22.5. The number of hydrogen-bond acceptors (Lipinski definition) is 8. The molecule has 0 atom stereocenters. The molecular weight excluding hydrogens is 522 g/mol. The predicted molar refractivity (Wildman–Crippen MR) is 144 cm³/mol. The van der Waals surface area contributed by atoms with Gasteiger partial charge in [0.25, 0.3) is 0 Å². The van der Waals surface area contributed by atoms with E-state index in [0.717, 1.165) is 65.4 Å². The Morgan fingerprint density at radius 2 is 1.31 bits per heavy atom. The molecule has 0 bridgehead atoms. The summed E-state index contributed by atoms with van der Waals surface area (Å²) in [5.74, 6) is -1.87. The molecule has 1 saturated heterocycles. The summed E-state index contributed by atoms with van der Waals surface area (Å²) < 4.78 is 10.9. The smallest absolute Gasteiger partial charge is 0.414 e. The minimum Gasteiger partial charge on any atom is -0.473 e. The van der Waals surface area contributed by atoms with Crippen LogP contribution < -0.4 is 14.4 Å². The number of carbonyl (C=O) groups excluding carboxylic acids is 1. The summed E-state index contributed by atoms with van der Waals surface area (Å²) in [5, 5.41) is 14.8. The van der Waals surface area contributed by atoms with E-state index in [1.54, 1.807) is 11.8 Å². The molecule has 3 aromatic rings. The predicted octanol–water partition coefficient (Wildman–Crippen LogP) is 3.52. The first-order valence-electron chi connectivity index (χ1n) is 12.4. The maximum absolute atomic E-state index is 13.5. The zero-order valence-electron chi connectivity index (χ0n) is 21.0. The Morgan fingerprint density at radius 3 is 1.92 bits per heavy atom. The lowest BCUT2D eigenvalue weighted by Crippen LogP contribution is -2.49. The van der Waals surface area contributed by atoms with E-state index in [1.807, 2.05) is 47.4 Å². The van der Waals surface area contributed by atoms with Crippen molar-refractivity contribution in [3.05, 3.63) is 72.3 Å². The van der Waals surface area contributed by atoms with E-state index >= 15 is 0 Å². The van der Waals surface area contributed by atoms with Crippen LogP contribution in [0.4, 0.5) is 11.4 Å². The zero-order valence-corrected chi connectivity index (χ0v) is 21.8. The van der Waals surface area contributed by atoms with Gasteiger partial charge in [-0.3, -0.25) is 19.5 Å². The lowest BCUT2D eigenvalue weighted by Gasteiger charge is -2.36. The number of hydrogen-bond donors (Lipinski definition) is 2. The molecule has 3 aliphatic heterocycles. The second kappa shape index (κ2) is 11.8. The van der Waals surface area contributed by atoms with Crippen molar-refractivity contribution in [1.29, 1.82) is 0 Å². The number of rotatable bonds is 4. The van der Waals surface area contributed by atoms with Crippen LogP contribution >= 0.6 is 11.8 Å². The topological polar surface area (TPSA) is 120 Å². The Labute approximate surface area is 229 Å². The van der Waals surface area contributed by atoms with Crippen molar-refractivity contribution in [2.45, 2.75) is 16.3 Å². The second-order valence-corrected chi connectivity index (χ2v) is 10.2. The van der Waals surface area contributed by atoms with Crippen LogP contribution in [0.3, 0.4) is 0 Å². The van der Waals surface area contributed by atoms with Crippen LogP contribution in [0.1, 0.15) is 5.56 Å². The van der Waals surface area contributed by atoms with Gasteiger partial charge in [-0.1, -0.05) is 42.1 Å². The number of piperazine rings is 1. The zero-order chi connectivity index (χ0) is 27.4. The number of anilines is 2. The molecule has 1 fully saturated rings. The molecule has 1 amide bonds. The number of amides is 1. The molecule has 0 saturated carbocycles. The highest BCUT2D eigenvalue weighted by atomic mass is 32.2. The van der Waals surface area contributed by atoms with Crippen LogP contribution in [0.15, 0.2) is 76.5 Å². The van der Waals surface area contributed by atoms with Crippen molar-refractivity contribution in [3.63, 3.8) is 0 Å². The second-order valence-electron chi connectivity index (χ2n) is 9.12. The van der Waals surface area contributed by atoms with Gasteiger partial charge in [-0.2, -0.15) is 0 Å². The summed E-state index contributed by atoms with van der Waals surface area (Å²) in [6.45, 7) is 5.23. The summed E-state index contributed by atoms with van der Waals surface area (Å²) >= 11 is 1.73. The highest BCUT2D eigenvalue weighted by molar-refractivity contribution is 7.99. The number of carbonyl (C=O) groups is 3. The Kier molecular flexibility index (Phi) is 8.01. The van der Waals surface area contributed by atoms with Crippen LogP contribution in [0, 0.1) is 0 Å². The largest absolute Gasteiger partial charge is 0.473 e. The number of carboxylic acids is 2. The Balaban J connectivity index is 0.000000465. The standard InChI is InChI=1S/C26H25N3O3S.C2H2O4/c30-26(29-20-5-1-3-7-24(20)33-25-8-4-2-6-21(25)29)17-28-13-11-27(12-14-28)16-19-9-10-22-23(15-19)32-18-31-22;3-1(4)2(5)6/h1-10,15H,11-14,16-18H2;(H,3,4)(H,5,6). The molecule has 0 radical (unpaired) electrons. The number of para-hydroxylation sites is 2. The van der Waals surface area contributed by atoms with Gasteiger partial charge in [-0.15, -0.1) is 0 Å². The fourth-order valence-corrected chi connectivity index (χ4v) is 5.70. The van der Waals surface area contributed by atoms with Crippen molar-refractivity contribution >= 4 is 41.0 Å². The SMILES string of the molecule is O=C(CN1CCN(Cc2ccc3c(c2)OCO3)CC1)N1c2ccccc2Sc2ccccc21.O=C(O)C(=O)O. The minimum absolute atomic E-state index is 0.124. The fraction of sp³-hybridized carbons (Fsp3) is 0.250. The molecule has 10 nitrogen and oxygen atoms in total. The van der Waals surface area contributed by atoms with Gasteiger partial charge in [0.15, 0.2) is 11.5 Å². The van der Waals surface area contributed by atoms with E-state index in [9.17, 15) is 4.79 Å². The normalized spacial score (nSPS) is 15.9. The molecule has 0 aromatic heterocycles. The van der Waals surface area contributed by atoms with Gasteiger partial charge in [0.05, 0.1) is 17.9 Å². The number of nitrogens with zero attached hydrogens (tertiary/aromatic N) is 3. The highest BCUT2D eigenvalue weighted by Crippen LogP contribution is 2.47. The van der Waals surface area contributed by atoms with E-state index in [2.05, 4.69) is 34.1 Å². The van der Waals surface area contributed by atoms with Gasteiger partial charge in [-0.25, -0.2) is 9.59 Å². The molecule has 0 unspecified atom stereocenters. The number of carboxylic acid groups (broad SMARTS) is 2. The van der Waals surface area contributed by atoms with Crippen LogP contribution in [0.2, 0.25) is 0 Å². The van der Waals surface area contributed by atoms with Gasteiger partial charge in [-0.05, 0) is 42.0 Å². The third-order valence-corrected chi connectivity index (χ3v) is 7.66. The summed E-state index contributed by atoms with van der Waals surface area (Å²) in [5.41, 5.74) is 3.18. The number of benzene rings is 3. The number of aliphatic carboxylic acids is 2. The molecule has 3 aliphatic rings. The van der Waals surface area contributed by atoms with E-state index in [1.165, 1.54) is 5.56 Å². The first-order chi connectivity index (χ1) is 18.9. The Bertz CT molecular complexity index is 1330. The van der Waals surface area contributed by atoms with Crippen molar-refractivity contribution in [2.75, 3.05) is 44.4 Å². The van der Waals surface area contributed by atoms with Crippen molar-refractivity contribution in [1.82, 2.24) is 9.80 Å². The molecule has 202 valence electrons. The van der Waals surface area contributed by atoms with Crippen LogP contribution in [-0.2, 0) is 20.9 Å². The molecule has 6 rings (SSSR count). The molecule has 39 heavy (non-hydrogen) atoms. The third kappa shape index (κ3) is 6.17. The van der Waals surface area contributed by atoms with Gasteiger partial charge in [0, 0.05) is 42.5 Å². The molecule has 2 N–H and O–H groups in total. The molecule has 3 aromatic carbocycles. The van der Waals surface area contributed by atoms with E-state index < -0.39 is 11.9 Å². The summed E-state index contributed by atoms with van der Waals surface area (Å²) in [7, 11) is 0. The first-order valence-corrected chi connectivity index (χ1v) is 13.2. The van der Waals surface area contributed by atoms with Crippen LogP contribution in [0.25, 0.3) is 0 Å². The lowest BCUT2D eigenvalue weighted by atomic mass is 10.1. The third-order valence-electron chi connectivity index (χ3n) is 6.53. The molecule has 11 heteroatoms. The monoisotopic (exact) mass is 549 g/mol. The summed E-state index contributed by atoms with van der Waals surface area (Å²) in [6.07, 6.45) is 0. The van der Waals surface area contributed by atoms with Crippen LogP contribution in [-0.4, -0.2) is 77.4 Å². The molecule has 0 aliphatic carbocycles. The average Bonchev–Trinajstić information content (AvgIpc) is 3.41. The average molecular weight is 550 g/mol. The summed E-state index contributed by atoms with van der Waals surface area (Å²) in [4.78, 5) is 40.6. The number of ether oxygens (including phenoxy) is 2. The van der Waals surface area contributed by atoms with Crippen molar-refractivity contribution < 1.29 is 34.1 Å². The van der Waals surface area contributed by atoms with Gasteiger partial charge >= 0.3 is 11.9 Å². The maximum Gasteiger partial charge on any atom is 0.414 e. The van der Waals surface area contributed by atoms with Crippen LogP contribution in [0.5, 0.6) is 11.5 Å². The quantitative estimate of drug-likeness (QED) is 0.468.